The Morgan fingerprint density at radius 2 is 1.74 bits per heavy atom. The van der Waals surface area contributed by atoms with Gasteiger partial charge in [-0.05, 0) is 80.0 Å². The molecule has 0 bridgehead atoms. The first-order valence-corrected chi connectivity index (χ1v) is 19.4. The number of urea groups is 1. The molecule has 3 aliphatic heterocycles. The predicted molar refractivity (Wildman–Crippen MR) is 217 cm³/mol. The predicted octanol–water partition coefficient (Wildman–Crippen LogP) is 4.31. The van der Waals surface area contributed by atoms with Crippen molar-refractivity contribution in [3.8, 4) is 0 Å². The Bertz CT molecular complexity index is 2440. The molecule has 0 radical (unpaired) electrons. The highest BCUT2D eigenvalue weighted by Gasteiger charge is 2.48. The van der Waals surface area contributed by atoms with Gasteiger partial charge in [-0.25, -0.2) is 14.5 Å². The molecule has 0 aliphatic carbocycles. The van der Waals surface area contributed by atoms with Crippen molar-refractivity contribution in [1.29, 1.82) is 0 Å². The third-order valence-electron chi connectivity index (χ3n) is 11.8. The molecule has 0 spiro atoms. The Balaban J connectivity index is 0.985. The van der Waals surface area contributed by atoms with Gasteiger partial charge < -0.3 is 31.5 Å². The van der Waals surface area contributed by atoms with Crippen molar-refractivity contribution in [2.75, 3.05) is 29.0 Å². The summed E-state index contributed by atoms with van der Waals surface area (Å²) < 4.78 is 1.69. The van der Waals surface area contributed by atoms with Crippen LogP contribution in [0.25, 0.3) is 11.0 Å². The van der Waals surface area contributed by atoms with E-state index in [1.165, 1.54) is 4.90 Å². The van der Waals surface area contributed by atoms with Crippen LogP contribution >= 0.6 is 0 Å². The number of amides is 6. The molecule has 6 N–H and O–H groups in total. The smallest absolute Gasteiger partial charge is 0.321 e. The second kappa shape index (κ2) is 15.2. The lowest BCUT2D eigenvalue weighted by atomic mass is 9.70. The minimum atomic E-state index is -1.06. The Morgan fingerprint density at radius 1 is 1.00 bits per heavy atom. The largest absolute Gasteiger partial charge is 0.369 e. The van der Waals surface area contributed by atoms with E-state index < -0.39 is 29.3 Å². The number of nitrogens with zero attached hydrogens (tertiary/aromatic N) is 6. The average Bonchev–Trinajstić information content (AvgIpc) is 3.70. The molecule has 5 aromatic rings. The number of anilines is 4. The molecular formula is C42H45N11O5. The van der Waals surface area contributed by atoms with Gasteiger partial charge in [0.2, 0.25) is 23.7 Å². The number of imide groups is 1. The Morgan fingerprint density at radius 3 is 2.45 bits per heavy atom. The van der Waals surface area contributed by atoms with E-state index >= 15 is 0 Å². The fourth-order valence-electron chi connectivity index (χ4n) is 8.45. The number of likely N-dealkylation sites (tertiary alicyclic amines) is 1. The maximum Gasteiger partial charge on any atom is 0.321 e. The highest BCUT2D eigenvalue weighted by Crippen LogP contribution is 2.39. The van der Waals surface area contributed by atoms with Crippen LogP contribution in [0.1, 0.15) is 58.3 Å². The van der Waals surface area contributed by atoms with E-state index in [0.717, 1.165) is 27.8 Å². The lowest BCUT2D eigenvalue weighted by molar-refractivity contribution is -0.137. The van der Waals surface area contributed by atoms with E-state index in [-0.39, 0.29) is 63.2 Å². The van der Waals surface area contributed by atoms with Gasteiger partial charge in [-0.2, -0.15) is 10.1 Å². The zero-order valence-corrected chi connectivity index (χ0v) is 32.5. The topological polar surface area (TPSA) is 210 Å². The molecule has 2 aromatic heterocycles. The van der Waals surface area contributed by atoms with E-state index in [1.54, 1.807) is 34.0 Å². The van der Waals surface area contributed by atoms with Crippen LogP contribution in [0, 0.1) is 19.3 Å². The summed E-state index contributed by atoms with van der Waals surface area (Å²) in [5.74, 6) is -0.655. The van der Waals surface area contributed by atoms with Gasteiger partial charge in [-0.3, -0.25) is 24.5 Å². The maximum absolute atomic E-state index is 13.6. The standard InChI is InChI=1S/C42H45N11O5/c1-24-8-7-9-25(2)34(24)48-35-30-22-44-40(49-36(30)51(3)50-35)46-32(20-26-10-5-4-6-11-26)42(39(43)57)16-18-52(19-17-42)41(58)45-28-12-13-29-27(21-28)23-53(38(29)56)31-14-15-33(54)47-37(31)55/h4-13,21-22,31-32H,14-20,23H2,1-3H3,(H2,43,57)(H,45,58)(H,48,50)(H,44,46,49)(H,47,54,55). The number of nitrogens with two attached hydrogens (primary N) is 1. The minimum Gasteiger partial charge on any atom is -0.369 e. The first-order chi connectivity index (χ1) is 27.9. The number of carbonyl (C=O) groups excluding carboxylic acids is 5. The number of aryl methyl sites for hydroxylation is 3. The second-order valence-electron chi connectivity index (χ2n) is 15.4. The number of hydrogen-bond acceptors (Lipinski definition) is 10. The zero-order valence-electron chi connectivity index (χ0n) is 32.5. The van der Waals surface area contributed by atoms with E-state index in [1.807, 2.05) is 69.4 Å². The number of benzene rings is 3. The fraction of sp³-hybridized carbons (Fsp3) is 0.333. The summed E-state index contributed by atoms with van der Waals surface area (Å²) >= 11 is 0. The lowest BCUT2D eigenvalue weighted by Crippen LogP contribution is -2.57. The monoisotopic (exact) mass is 783 g/mol. The van der Waals surface area contributed by atoms with Crippen LogP contribution in [0.5, 0.6) is 0 Å². The van der Waals surface area contributed by atoms with Gasteiger partial charge in [0.25, 0.3) is 5.91 Å². The number of hydrogen-bond donors (Lipinski definition) is 5. The van der Waals surface area contributed by atoms with Crippen LogP contribution in [0.3, 0.4) is 0 Å². The molecule has 298 valence electrons. The Labute approximate surface area is 334 Å². The van der Waals surface area contributed by atoms with Gasteiger partial charge in [0.15, 0.2) is 11.5 Å². The van der Waals surface area contributed by atoms with Crippen molar-refractivity contribution in [1.82, 2.24) is 34.9 Å². The molecule has 0 saturated carbocycles. The molecule has 2 atom stereocenters. The van der Waals surface area contributed by atoms with Crippen LogP contribution < -0.4 is 27.0 Å². The molecule has 8 rings (SSSR count). The summed E-state index contributed by atoms with van der Waals surface area (Å²) in [5, 5.41) is 17.6. The first kappa shape index (κ1) is 38.1. The van der Waals surface area contributed by atoms with Gasteiger partial charge in [0.05, 0.1) is 10.8 Å². The quantitative estimate of drug-likeness (QED) is 0.127. The number of rotatable bonds is 10. The molecule has 16 heteroatoms. The molecular weight excluding hydrogens is 739 g/mol. The minimum absolute atomic E-state index is 0.163. The van der Waals surface area contributed by atoms with Crippen molar-refractivity contribution in [3.63, 3.8) is 0 Å². The van der Waals surface area contributed by atoms with Crippen molar-refractivity contribution < 1.29 is 24.0 Å². The maximum atomic E-state index is 13.6. The molecule has 2 saturated heterocycles. The average molecular weight is 784 g/mol. The number of fused-ring (bicyclic) bond motifs is 2. The highest BCUT2D eigenvalue weighted by atomic mass is 16.2. The van der Waals surface area contributed by atoms with Crippen LogP contribution in [0.4, 0.5) is 27.9 Å². The number of carbonyl (C=O) groups is 5. The molecule has 3 aliphatic rings. The molecule has 58 heavy (non-hydrogen) atoms. The third-order valence-corrected chi connectivity index (χ3v) is 11.8. The summed E-state index contributed by atoms with van der Waals surface area (Å²) in [4.78, 5) is 77.2. The number of aromatic nitrogens is 4. The third kappa shape index (κ3) is 7.16. The van der Waals surface area contributed by atoms with Crippen molar-refractivity contribution in [3.05, 3.63) is 101 Å². The highest BCUT2D eigenvalue weighted by molar-refractivity contribution is 6.05. The number of piperidine rings is 2. The summed E-state index contributed by atoms with van der Waals surface area (Å²) in [6.07, 6.45) is 3.17. The number of nitrogens with one attached hydrogen (secondary N) is 4. The van der Waals surface area contributed by atoms with Gasteiger partial charge in [0, 0.05) is 62.3 Å². The second-order valence-corrected chi connectivity index (χ2v) is 15.4. The van der Waals surface area contributed by atoms with E-state index in [0.29, 0.717) is 40.6 Å². The van der Waals surface area contributed by atoms with Gasteiger partial charge in [-0.1, -0.05) is 48.5 Å². The SMILES string of the molecule is Cc1cccc(C)c1Nc1nn(C)c2nc(NC(Cc3ccccc3)C3(C(N)=O)CCN(C(=O)Nc4ccc5c(c4)CN(C4CCC(=O)NC4=O)C5=O)CC3)ncc12. The van der Waals surface area contributed by atoms with E-state index in [9.17, 15) is 24.0 Å². The summed E-state index contributed by atoms with van der Waals surface area (Å²) in [6, 6.07) is 19.3. The fourth-order valence-corrected chi connectivity index (χ4v) is 8.45. The van der Waals surface area contributed by atoms with E-state index in [2.05, 4.69) is 21.3 Å². The summed E-state index contributed by atoms with van der Waals surface area (Å²) in [6.45, 7) is 4.77. The molecule has 2 unspecified atom stereocenters. The van der Waals surface area contributed by atoms with Crippen molar-refractivity contribution >= 4 is 63.8 Å². The molecule has 16 nitrogen and oxygen atoms in total. The van der Waals surface area contributed by atoms with Crippen LogP contribution in [0.15, 0.2) is 72.9 Å². The van der Waals surface area contributed by atoms with Crippen LogP contribution in [-0.4, -0.2) is 84.4 Å². The number of para-hydroxylation sites is 1. The lowest BCUT2D eigenvalue weighted by Gasteiger charge is -2.44. The molecule has 2 fully saturated rings. The Kier molecular flexibility index (Phi) is 10.0. The van der Waals surface area contributed by atoms with E-state index in [4.69, 9.17) is 20.8 Å². The van der Waals surface area contributed by atoms with Gasteiger partial charge >= 0.3 is 6.03 Å². The van der Waals surface area contributed by atoms with Crippen LogP contribution in [-0.2, 0) is 34.4 Å². The number of primary amides is 1. The van der Waals surface area contributed by atoms with Gasteiger partial charge in [-0.15, -0.1) is 0 Å². The summed E-state index contributed by atoms with van der Waals surface area (Å²) in [5.41, 5.74) is 11.6. The Hall–Kier alpha value is -6.84. The summed E-state index contributed by atoms with van der Waals surface area (Å²) in [7, 11) is 1.82. The van der Waals surface area contributed by atoms with Crippen LogP contribution in [0.2, 0.25) is 0 Å². The van der Waals surface area contributed by atoms with Gasteiger partial charge in [0.1, 0.15) is 6.04 Å². The normalized spacial score (nSPS) is 18.1. The molecule has 6 amide bonds. The zero-order chi connectivity index (χ0) is 40.7. The van der Waals surface area contributed by atoms with Crippen molar-refractivity contribution in [2.24, 2.45) is 18.2 Å². The molecule has 3 aromatic carbocycles. The molecule has 5 heterocycles. The van der Waals surface area contributed by atoms with Crippen molar-refractivity contribution in [2.45, 2.75) is 64.6 Å². The first-order valence-electron chi connectivity index (χ1n) is 19.4.